The van der Waals surface area contributed by atoms with Gasteiger partial charge in [0.25, 0.3) is 5.91 Å². The highest BCUT2D eigenvalue weighted by Crippen LogP contribution is 2.28. The lowest BCUT2D eigenvalue weighted by atomic mass is 9.99. The Morgan fingerprint density at radius 1 is 1.33 bits per heavy atom. The van der Waals surface area contributed by atoms with Crippen molar-refractivity contribution < 1.29 is 4.79 Å². The van der Waals surface area contributed by atoms with Crippen LogP contribution in [-0.2, 0) is 0 Å². The third-order valence-corrected chi connectivity index (χ3v) is 4.17. The summed E-state index contributed by atoms with van der Waals surface area (Å²) in [5.41, 5.74) is 7.34. The number of nitrogen functional groups attached to an aromatic ring is 1. The van der Waals surface area contributed by atoms with Crippen molar-refractivity contribution in [2.24, 2.45) is 0 Å². The van der Waals surface area contributed by atoms with E-state index in [-0.39, 0.29) is 11.7 Å². The van der Waals surface area contributed by atoms with E-state index in [1.165, 1.54) is 11.8 Å². The molecule has 0 spiro atoms. The zero-order valence-corrected chi connectivity index (χ0v) is 12.3. The summed E-state index contributed by atoms with van der Waals surface area (Å²) in [7, 11) is 0. The lowest BCUT2D eigenvalue weighted by molar-refractivity contribution is 0.0790. The molecule has 1 saturated heterocycles. The van der Waals surface area contributed by atoms with E-state index in [2.05, 4.69) is 17.1 Å². The molecule has 1 unspecified atom stereocenters. The SMILES string of the molecule is Nc1ncc(C(=O)N2CCC(c3ccccc3)C2)cc1Cl. The van der Waals surface area contributed by atoms with Crippen molar-refractivity contribution in [2.45, 2.75) is 12.3 Å². The van der Waals surface area contributed by atoms with Gasteiger partial charge in [-0.05, 0) is 18.1 Å². The molecular weight excluding hydrogens is 286 g/mol. The lowest BCUT2D eigenvalue weighted by Gasteiger charge is -2.17. The number of benzene rings is 1. The number of hydrogen-bond donors (Lipinski definition) is 1. The van der Waals surface area contributed by atoms with Crippen LogP contribution in [0.3, 0.4) is 0 Å². The number of carbonyl (C=O) groups excluding carboxylic acids is 1. The molecule has 0 saturated carbocycles. The summed E-state index contributed by atoms with van der Waals surface area (Å²) < 4.78 is 0. The Hall–Kier alpha value is -2.07. The third-order valence-electron chi connectivity index (χ3n) is 3.86. The van der Waals surface area contributed by atoms with Crippen molar-refractivity contribution in [3.05, 3.63) is 58.7 Å². The number of anilines is 1. The highest BCUT2D eigenvalue weighted by Gasteiger charge is 2.28. The number of nitrogens with two attached hydrogens (primary N) is 1. The Kier molecular flexibility index (Phi) is 3.80. The van der Waals surface area contributed by atoms with Gasteiger partial charge in [-0.1, -0.05) is 41.9 Å². The molecular formula is C16H16ClN3O. The summed E-state index contributed by atoms with van der Waals surface area (Å²) in [4.78, 5) is 18.3. The summed E-state index contributed by atoms with van der Waals surface area (Å²) in [6.07, 6.45) is 2.46. The molecule has 21 heavy (non-hydrogen) atoms. The first kappa shape index (κ1) is 13.9. The molecule has 4 nitrogen and oxygen atoms in total. The first-order valence-corrected chi connectivity index (χ1v) is 7.28. The van der Waals surface area contributed by atoms with Crippen LogP contribution in [-0.4, -0.2) is 28.9 Å². The maximum atomic E-state index is 12.5. The quantitative estimate of drug-likeness (QED) is 0.928. The molecule has 2 aromatic rings. The molecule has 0 bridgehead atoms. The van der Waals surface area contributed by atoms with E-state index in [0.717, 1.165) is 19.5 Å². The maximum Gasteiger partial charge on any atom is 0.255 e. The Labute approximate surface area is 128 Å². The zero-order chi connectivity index (χ0) is 14.8. The van der Waals surface area contributed by atoms with Gasteiger partial charge in [-0.3, -0.25) is 4.79 Å². The Bertz CT molecular complexity index is 660. The first-order chi connectivity index (χ1) is 10.1. The van der Waals surface area contributed by atoms with E-state index >= 15 is 0 Å². The molecule has 1 atom stereocenters. The van der Waals surface area contributed by atoms with E-state index in [0.29, 0.717) is 16.5 Å². The summed E-state index contributed by atoms with van der Waals surface area (Å²) >= 11 is 5.93. The van der Waals surface area contributed by atoms with Gasteiger partial charge in [-0.15, -0.1) is 0 Å². The number of halogens is 1. The topological polar surface area (TPSA) is 59.2 Å². The molecule has 0 radical (unpaired) electrons. The molecule has 2 N–H and O–H groups in total. The number of pyridine rings is 1. The summed E-state index contributed by atoms with van der Waals surface area (Å²) in [6.45, 7) is 1.48. The second-order valence-electron chi connectivity index (χ2n) is 5.24. The molecule has 3 rings (SSSR count). The lowest BCUT2D eigenvalue weighted by Crippen LogP contribution is -2.28. The summed E-state index contributed by atoms with van der Waals surface area (Å²) in [5.74, 6) is 0.604. The van der Waals surface area contributed by atoms with Gasteiger partial charge in [0.05, 0.1) is 10.6 Å². The average Bonchev–Trinajstić information content (AvgIpc) is 3.00. The van der Waals surface area contributed by atoms with Crippen LogP contribution in [0.4, 0.5) is 5.82 Å². The van der Waals surface area contributed by atoms with Crippen LogP contribution in [0.5, 0.6) is 0 Å². The molecule has 1 fully saturated rings. The van der Waals surface area contributed by atoms with Crippen LogP contribution in [0.2, 0.25) is 5.02 Å². The minimum absolute atomic E-state index is 0.0390. The smallest absolute Gasteiger partial charge is 0.255 e. The third kappa shape index (κ3) is 2.85. The molecule has 108 valence electrons. The standard InChI is InChI=1S/C16H16ClN3O/c17-14-8-13(9-19-15(14)18)16(21)20-7-6-12(10-20)11-4-2-1-3-5-11/h1-5,8-9,12H,6-7,10H2,(H2,18,19). The first-order valence-electron chi connectivity index (χ1n) is 6.90. The fraction of sp³-hybridized carbons (Fsp3) is 0.250. The van der Waals surface area contributed by atoms with E-state index in [1.807, 2.05) is 23.1 Å². The molecule has 0 aliphatic carbocycles. The largest absolute Gasteiger partial charge is 0.382 e. The number of amides is 1. The predicted molar refractivity (Wildman–Crippen MR) is 83.4 cm³/mol. The minimum atomic E-state index is -0.0390. The number of rotatable bonds is 2. The van der Waals surface area contributed by atoms with Crippen LogP contribution in [0, 0.1) is 0 Å². The number of aromatic nitrogens is 1. The van der Waals surface area contributed by atoms with Crippen molar-refractivity contribution in [1.82, 2.24) is 9.88 Å². The van der Waals surface area contributed by atoms with Gasteiger partial charge in [0, 0.05) is 25.2 Å². The highest BCUT2D eigenvalue weighted by molar-refractivity contribution is 6.33. The van der Waals surface area contributed by atoms with Crippen LogP contribution in [0.25, 0.3) is 0 Å². The van der Waals surface area contributed by atoms with Gasteiger partial charge in [0.1, 0.15) is 5.82 Å². The van der Waals surface area contributed by atoms with E-state index in [9.17, 15) is 4.79 Å². The number of carbonyl (C=O) groups is 1. The predicted octanol–water partition coefficient (Wildman–Crippen LogP) is 2.95. The number of hydrogen-bond acceptors (Lipinski definition) is 3. The highest BCUT2D eigenvalue weighted by atomic mass is 35.5. The van der Waals surface area contributed by atoms with Gasteiger partial charge in [-0.2, -0.15) is 0 Å². The number of likely N-dealkylation sites (tertiary alicyclic amines) is 1. The van der Waals surface area contributed by atoms with Crippen LogP contribution >= 0.6 is 11.6 Å². The van der Waals surface area contributed by atoms with Crippen molar-refractivity contribution in [2.75, 3.05) is 18.8 Å². The normalized spacial score (nSPS) is 18.0. The van der Waals surface area contributed by atoms with Crippen molar-refractivity contribution in [3.8, 4) is 0 Å². The second kappa shape index (κ2) is 5.74. The van der Waals surface area contributed by atoms with Crippen LogP contribution in [0.1, 0.15) is 28.3 Å². The molecule has 2 heterocycles. The average molecular weight is 302 g/mol. The molecule has 1 aliphatic rings. The van der Waals surface area contributed by atoms with Crippen molar-refractivity contribution >= 4 is 23.3 Å². The van der Waals surface area contributed by atoms with Gasteiger partial charge < -0.3 is 10.6 Å². The number of nitrogens with zero attached hydrogens (tertiary/aromatic N) is 2. The molecule has 1 aromatic heterocycles. The molecule has 1 aromatic carbocycles. The summed E-state index contributed by atoms with van der Waals surface area (Å²) in [6, 6.07) is 11.9. The van der Waals surface area contributed by atoms with Gasteiger partial charge in [0.15, 0.2) is 0 Å². The van der Waals surface area contributed by atoms with Crippen LogP contribution < -0.4 is 5.73 Å². The molecule has 1 aliphatic heterocycles. The van der Waals surface area contributed by atoms with E-state index in [4.69, 9.17) is 17.3 Å². The van der Waals surface area contributed by atoms with Gasteiger partial charge in [-0.25, -0.2) is 4.98 Å². The zero-order valence-electron chi connectivity index (χ0n) is 11.5. The maximum absolute atomic E-state index is 12.5. The van der Waals surface area contributed by atoms with Gasteiger partial charge in [0.2, 0.25) is 0 Å². The Morgan fingerprint density at radius 3 is 2.81 bits per heavy atom. The Balaban J connectivity index is 1.74. The Morgan fingerprint density at radius 2 is 2.10 bits per heavy atom. The fourth-order valence-electron chi connectivity index (χ4n) is 2.69. The molecule has 1 amide bonds. The summed E-state index contributed by atoms with van der Waals surface area (Å²) in [5, 5.41) is 0.319. The fourth-order valence-corrected chi connectivity index (χ4v) is 2.86. The van der Waals surface area contributed by atoms with Crippen molar-refractivity contribution in [3.63, 3.8) is 0 Å². The van der Waals surface area contributed by atoms with Crippen LogP contribution in [0.15, 0.2) is 42.6 Å². The second-order valence-corrected chi connectivity index (χ2v) is 5.65. The molecule has 5 heteroatoms. The van der Waals surface area contributed by atoms with Gasteiger partial charge >= 0.3 is 0 Å². The van der Waals surface area contributed by atoms with E-state index in [1.54, 1.807) is 6.07 Å². The minimum Gasteiger partial charge on any atom is -0.382 e. The van der Waals surface area contributed by atoms with E-state index < -0.39 is 0 Å². The monoisotopic (exact) mass is 301 g/mol. The van der Waals surface area contributed by atoms with Crippen molar-refractivity contribution in [1.29, 1.82) is 0 Å².